The van der Waals surface area contributed by atoms with Crippen molar-refractivity contribution < 1.29 is 8.78 Å². The molecule has 1 N–H and O–H groups in total. The van der Waals surface area contributed by atoms with E-state index in [2.05, 4.69) is 5.32 Å². The summed E-state index contributed by atoms with van der Waals surface area (Å²) in [6, 6.07) is 8.04. The average molecular weight is 253 g/mol. The molecule has 2 rings (SSSR count). The van der Waals surface area contributed by atoms with Crippen molar-refractivity contribution in [2.75, 3.05) is 13.1 Å². The molecule has 0 spiro atoms. The van der Waals surface area contributed by atoms with Gasteiger partial charge in [-0.25, -0.2) is 0 Å². The van der Waals surface area contributed by atoms with Gasteiger partial charge in [0, 0.05) is 5.56 Å². The second-order valence-corrected chi connectivity index (χ2v) is 5.19. The van der Waals surface area contributed by atoms with Crippen LogP contribution in [0.4, 0.5) is 8.78 Å². The van der Waals surface area contributed by atoms with Crippen molar-refractivity contribution >= 4 is 0 Å². The predicted molar refractivity (Wildman–Crippen MR) is 69.8 cm³/mol. The fourth-order valence-corrected chi connectivity index (χ4v) is 2.63. The van der Waals surface area contributed by atoms with Gasteiger partial charge in [-0.2, -0.15) is 8.78 Å². The maximum absolute atomic E-state index is 13.8. The minimum absolute atomic E-state index is 0.0957. The molecule has 0 saturated heterocycles. The molecule has 0 bridgehead atoms. The number of alkyl halides is 2. The van der Waals surface area contributed by atoms with Gasteiger partial charge in [0.2, 0.25) is 0 Å². The summed E-state index contributed by atoms with van der Waals surface area (Å²) in [5.41, 5.74) is 0.0957. The first kappa shape index (κ1) is 13.5. The summed E-state index contributed by atoms with van der Waals surface area (Å²) in [6.45, 7) is 0.441. The van der Waals surface area contributed by atoms with E-state index in [-0.39, 0.29) is 12.1 Å². The van der Waals surface area contributed by atoms with E-state index >= 15 is 0 Å². The highest BCUT2D eigenvalue weighted by Gasteiger charge is 2.30. The number of rotatable bonds is 6. The molecule has 1 saturated carbocycles. The van der Waals surface area contributed by atoms with E-state index in [1.807, 2.05) is 0 Å². The van der Waals surface area contributed by atoms with Gasteiger partial charge < -0.3 is 5.32 Å². The molecular weight excluding hydrogens is 232 g/mol. The molecular formula is C15H21F2N. The van der Waals surface area contributed by atoms with E-state index in [1.165, 1.54) is 37.8 Å². The SMILES string of the molecule is FC(F)(CNCCC1CCCC1)c1ccccc1. The summed E-state index contributed by atoms with van der Waals surface area (Å²) in [6.07, 6.45) is 6.20. The highest BCUT2D eigenvalue weighted by Crippen LogP contribution is 2.28. The number of benzene rings is 1. The first-order valence-corrected chi connectivity index (χ1v) is 6.82. The van der Waals surface area contributed by atoms with Gasteiger partial charge in [-0.1, -0.05) is 56.0 Å². The normalized spacial score (nSPS) is 17.2. The third-order valence-corrected chi connectivity index (χ3v) is 3.75. The Morgan fingerprint density at radius 2 is 1.78 bits per heavy atom. The lowest BCUT2D eigenvalue weighted by molar-refractivity contribution is -0.00321. The van der Waals surface area contributed by atoms with Crippen LogP contribution in [0.1, 0.15) is 37.7 Å². The van der Waals surface area contributed by atoms with Crippen LogP contribution < -0.4 is 5.32 Å². The van der Waals surface area contributed by atoms with Gasteiger partial charge in [0.1, 0.15) is 0 Å². The van der Waals surface area contributed by atoms with E-state index in [0.29, 0.717) is 6.54 Å². The molecule has 100 valence electrons. The quantitative estimate of drug-likeness (QED) is 0.757. The summed E-state index contributed by atoms with van der Waals surface area (Å²) < 4.78 is 27.6. The first-order chi connectivity index (χ1) is 8.68. The lowest BCUT2D eigenvalue weighted by Gasteiger charge is -2.18. The van der Waals surface area contributed by atoms with Crippen molar-refractivity contribution in [3.8, 4) is 0 Å². The van der Waals surface area contributed by atoms with Crippen LogP contribution in [-0.4, -0.2) is 13.1 Å². The van der Waals surface area contributed by atoms with Crippen LogP contribution in [0.3, 0.4) is 0 Å². The zero-order chi connectivity index (χ0) is 12.8. The van der Waals surface area contributed by atoms with Gasteiger partial charge in [0.25, 0.3) is 5.92 Å². The molecule has 0 atom stereocenters. The average Bonchev–Trinajstić information content (AvgIpc) is 2.89. The number of hydrogen-bond donors (Lipinski definition) is 1. The fraction of sp³-hybridized carbons (Fsp3) is 0.600. The molecule has 3 heteroatoms. The van der Waals surface area contributed by atoms with E-state index in [0.717, 1.165) is 12.3 Å². The van der Waals surface area contributed by atoms with Crippen LogP contribution in [0.15, 0.2) is 30.3 Å². The molecule has 1 aromatic rings. The molecule has 1 fully saturated rings. The Morgan fingerprint density at radius 1 is 1.11 bits per heavy atom. The third-order valence-electron chi connectivity index (χ3n) is 3.75. The van der Waals surface area contributed by atoms with Crippen molar-refractivity contribution in [1.82, 2.24) is 5.32 Å². The minimum atomic E-state index is -2.77. The zero-order valence-electron chi connectivity index (χ0n) is 10.7. The molecule has 0 aliphatic heterocycles. The van der Waals surface area contributed by atoms with Gasteiger partial charge in [-0.05, 0) is 18.9 Å². The summed E-state index contributed by atoms with van der Waals surface area (Å²) in [7, 11) is 0. The molecule has 0 unspecified atom stereocenters. The number of nitrogens with one attached hydrogen (secondary N) is 1. The number of halogens is 2. The number of hydrogen-bond acceptors (Lipinski definition) is 1. The second-order valence-electron chi connectivity index (χ2n) is 5.19. The Kier molecular flexibility index (Phi) is 4.70. The Labute approximate surface area is 108 Å². The van der Waals surface area contributed by atoms with Crippen molar-refractivity contribution in [2.24, 2.45) is 5.92 Å². The predicted octanol–water partition coefficient (Wildman–Crippen LogP) is 3.95. The van der Waals surface area contributed by atoms with E-state index in [4.69, 9.17) is 0 Å². The van der Waals surface area contributed by atoms with Gasteiger partial charge in [0.15, 0.2) is 0 Å². The van der Waals surface area contributed by atoms with Gasteiger partial charge in [-0.15, -0.1) is 0 Å². The fourth-order valence-electron chi connectivity index (χ4n) is 2.63. The maximum Gasteiger partial charge on any atom is 0.285 e. The first-order valence-electron chi connectivity index (χ1n) is 6.82. The van der Waals surface area contributed by atoms with E-state index in [1.54, 1.807) is 18.2 Å². The topological polar surface area (TPSA) is 12.0 Å². The van der Waals surface area contributed by atoms with Crippen LogP contribution in [0.5, 0.6) is 0 Å². The molecule has 1 aliphatic rings. The van der Waals surface area contributed by atoms with Crippen LogP contribution in [0.2, 0.25) is 0 Å². The van der Waals surface area contributed by atoms with Crippen molar-refractivity contribution in [3.05, 3.63) is 35.9 Å². The van der Waals surface area contributed by atoms with Crippen LogP contribution in [0.25, 0.3) is 0 Å². The monoisotopic (exact) mass is 253 g/mol. The summed E-state index contributed by atoms with van der Waals surface area (Å²) in [5, 5.41) is 2.90. The molecule has 1 aromatic carbocycles. The molecule has 1 nitrogen and oxygen atoms in total. The summed E-state index contributed by atoms with van der Waals surface area (Å²) in [4.78, 5) is 0. The second kappa shape index (κ2) is 6.28. The van der Waals surface area contributed by atoms with E-state index in [9.17, 15) is 8.78 Å². The highest BCUT2D eigenvalue weighted by atomic mass is 19.3. The highest BCUT2D eigenvalue weighted by molar-refractivity contribution is 5.20. The molecule has 0 aromatic heterocycles. The van der Waals surface area contributed by atoms with Crippen LogP contribution >= 0.6 is 0 Å². The molecule has 1 aliphatic carbocycles. The smallest absolute Gasteiger partial charge is 0.285 e. The summed E-state index contributed by atoms with van der Waals surface area (Å²) in [5.74, 6) is -2.01. The molecule has 0 amide bonds. The lowest BCUT2D eigenvalue weighted by atomic mass is 10.0. The van der Waals surface area contributed by atoms with E-state index < -0.39 is 5.92 Å². The van der Waals surface area contributed by atoms with Gasteiger partial charge in [-0.3, -0.25) is 0 Å². The molecule has 0 heterocycles. The van der Waals surface area contributed by atoms with Crippen molar-refractivity contribution in [3.63, 3.8) is 0 Å². The Morgan fingerprint density at radius 3 is 2.44 bits per heavy atom. The van der Waals surface area contributed by atoms with Gasteiger partial charge in [0.05, 0.1) is 6.54 Å². The Bertz CT molecular complexity index is 345. The standard InChI is InChI=1S/C15H21F2N/c16-15(17,14-8-2-1-3-9-14)12-18-11-10-13-6-4-5-7-13/h1-3,8-9,13,18H,4-7,10-12H2. The van der Waals surface area contributed by atoms with Crippen LogP contribution in [-0.2, 0) is 5.92 Å². The molecule has 0 radical (unpaired) electrons. The van der Waals surface area contributed by atoms with Crippen molar-refractivity contribution in [2.45, 2.75) is 38.0 Å². The largest absolute Gasteiger partial charge is 0.311 e. The lowest BCUT2D eigenvalue weighted by Crippen LogP contribution is -2.31. The third kappa shape index (κ3) is 3.77. The zero-order valence-corrected chi connectivity index (χ0v) is 10.7. The van der Waals surface area contributed by atoms with Crippen LogP contribution in [0, 0.1) is 5.92 Å². The Balaban J connectivity index is 1.71. The van der Waals surface area contributed by atoms with Gasteiger partial charge >= 0.3 is 0 Å². The van der Waals surface area contributed by atoms with Crippen molar-refractivity contribution in [1.29, 1.82) is 0 Å². The Hall–Kier alpha value is -0.960. The molecule has 18 heavy (non-hydrogen) atoms. The maximum atomic E-state index is 13.8. The summed E-state index contributed by atoms with van der Waals surface area (Å²) >= 11 is 0. The minimum Gasteiger partial charge on any atom is -0.311 e.